The molecular formula is C14H23ClN2O5S. The van der Waals surface area contributed by atoms with E-state index in [9.17, 15) is 13.2 Å². The number of hydrogen-bond donors (Lipinski definition) is 2. The Morgan fingerprint density at radius 3 is 2.65 bits per heavy atom. The molecule has 1 aromatic heterocycles. The van der Waals surface area contributed by atoms with E-state index in [2.05, 4.69) is 17.0 Å². The number of esters is 1. The maximum absolute atomic E-state index is 12.2. The van der Waals surface area contributed by atoms with Gasteiger partial charge >= 0.3 is 5.97 Å². The first-order chi connectivity index (χ1) is 10.4. The van der Waals surface area contributed by atoms with Crippen molar-refractivity contribution in [1.29, 1.82) is 0 Å². The van der Waals surface area contributed by atoms with Crippen LogP contribution in [-0.4, -0.2) is 40.6 Å². The third-order valence-corrected chi connectivity index (χ3v) is 5.10. The summed E-state index contributed by atoms with van der Waals surface area (Å²) < 4.78 is 36.9. The normalized spacial score (nSPS) is 17.3. The van der Waals surface area contributed by atoms with Crippen molar-refractivity contribution in [3.05, 3.63) is 17.9 Å². The molecule has 0 unspecified atom stereocenters. The minimum Gasteiger partial charge on any atom is -0.460 e. The third kappa shape index (κ3) is 5.20. The van der Waals surface area contributed by atoms with Crippen LogP contribution in [0.2, 0.25) is 0 Å². The zero-order valence-electron chi connectivity index (χ0n) is 13.3. The van der Waals surface area contributed by atoms with Crippen LogP contribution >= 0.6 is 12.4 Å². The third-order valence-electron chi connectivity index (χ3n) is 3.82. The average Bonchev–Trinajstić information content (AvgIpc) is 2.97. The van der Waals surface area contributed by atoms with Gasteiger partial charge in [-0.2, -0.15) is 0 Å². The molecule has 0 saturated carbocycles. The first-order valence-electron chi connectivity index (χ1n) is 7.34. The molecule has 0 spiro atoms. The number of carbonyl (C=O) groups excluding carboxylic acids is 1. The topological polar surface area (TPSA) is 97.6 Å². The summed E-state index contributed by atoms with van der Waals surface area (Å²) in [4.78, 5) is 11.5. The molecule has 1 aliphatic rings. The summed E-state index contributed by atoms with van der Waals surface area (Å²) in [6.07, 6.45) is 1.81. The van der Waals surface area contributed by atoms with Crippen molar-refractivity contribution in [3.8, 4) is 0 Å². The van der Waals surface area contributed by atoms with Gasteiger partial charge in [0.2, 0.25) is 10.9 Å². The predicted octanol–water partition coefficient (Wildman–Crippen LogP) is 1.55. The van der Waals surface area contributed by atoms with Crippen molar-refractivity contribution >= 4 is 28.4 Å². The molecule has 0 amide bonds. The molecule has 2 rings (SSSR count). The van der Waals surface area contributed by atoms with E-state index in [1.165, 1.54) is 12.1 Å². The van der Waals surface area contributed by atoms with Crippen LogP contribution in [0.5, 0.6) is 0 Å². The van der Waals surface area contributed by atoms with Gasteiger partial charge in [0.05, 0.1) is 6.61 Å². The molecule has 132 valence electrons. The van der Waals surface area contributed by atoms with Crippen LogP contribution in [0.15, 0.2) is 21.6 Å². The van der Waals surface area contributed by atoms with Gasteiger partial charge in [0, 0.05) is 6.54 Å². The zero-order chi connectivity index (χ0) is 16.2. The smallest absolute Gasteiger partial charge is 0.374 e. The van der Waals surface area contributed by atoms with Gasteiger partial charge in [0.1, 0.15) is 0 Å². The highest BCUT2D eigenvalue weighted by molar-refractivity contribution is 7.89. The summed E-state index contributed by atoms with van der Waals surface area (Å²) in [6, 6.07) is 2.57. The fraction of sp³-hybridized carbons (Fsp3) is 0.643. The van der Waals surface area contributed by atoms with Gasteiger partial charge in [-0.05, 0) is 50.4 Å². The quantitative estimate of drug-likeness (QED) is 0.741. The van der Waals surface area contributed by atoms with Crippen LogP contribution in [0.25, 0.3) is 0 Å². The standard InChI is InChI=1S/C14H22N2O5S.ClH/c1-3-20-13(17)11-4-5-12(21-11)22(18,19)16-10-14(2)6-8-15-9-7-14;/h4-5,15-16H,3,6-10H2,1-2H3;1H. The molecule has 0 atom stereocenters. The number of carbonyl (C=O) groups is 1. The summed E-state index contributed by atoms with van der Waals surface area (Å²) in [6.45, 7) is 6.03. The summed E-state index contributed by atoms with van der Waals surface area (Å²) in [5.74, 6) is -0.787. The molecule has 1 saturated heterocycles. The Hall–Kier alpha value is -1.09. The van der Waals surface area contributed by atoms with Crippen molar-refractivity contribution in [2.24, 2.45) is 5.41 Å². The summed E-state index contributed by atoms with van der Waals surface area (Å²) in [7, 11) is -3.77. The van der Waals surface area contributed by atoms with Gasteiger partial charge < -0.3 is 14.5 Å². The molecule has 0 aliphatic carbocycles. The Morgan fingerprint density at radius 1 is 1.39 bits per heavy atom. The van der Waals surface area contributed by atoms with Gasteiger partial charge in [-0.15, -0.1) is 12.4 Å². The van der Waals surface area contributed by atoms with E-state index in [1.54, 1.807) is 6.92 Å². The SMILES string of the molecule is CCOC(=O)c1ccc(S(=O)(=O)NCC2(C)CCNCC2)o1.Cl. The van der Waals surface area contributed by atoms with E-state index in [-0.39, 0.29) is 35.3 Å². The van der Waals surface area contributed by atoms with Gasteiger partial charge in [-0.3, -0.25) is 0 Å². The van der Waals surface area contributed by atoms with Crippen molar-refractivity contribution in [1.82, 2.24) is 10.0 Å². The van der Waals surface area contributed by atoms with E-state index in [0.717, 1.165) is 25.9 Å². The highest BCUT2D eigenvalue weighted by atomic mass is 35.5. The number of nitrogens with one attached hydrogen (secondary N) is 2. The molecular weight excluding hydrogens is 344 g/mol. The van der Waals surface area contributed by atoms with E-state index < -0.39 is 16.0 Å². The second-order valence-electron chi connectivity index (χ2n) is 5.72. The monoisotopic (exact) mass is 366 g/mol. The number of sulfonamides is 1. The predicted molar refractivity (Wildman–Crippen MR) is 87.3 cm³/mol. The lowest BCUT2D eigenvalue weighted by Gasteiger charge is -2.33. The van der Waals surface area contributed by atoms with Gasteiger partial charge in [0.15, 0.2) is 0 Å². The summed E-state index contributed by atoms with van der Waals surface area (Å²) in [5.41, 5.74) is -0.0745. The molecule has 2 N–H and O–H groups in total. The first-order valence-corrected chi connectivity index (χ1v) is 8.82. The number of ether oxygens (including phenoxy) is 1. The lowest BCUT2D eigenvalue weighted by atomic mass is 9.81. The van der Waals surface area contributed by atoms with Crippen molar-refractivity contribution in [3.63, 3.8) is 0 Å². The van der Waals surface area contributed by atoms with E-state index in [4.69, 9.17) is 9.15 Å². The van der Waals surface area contributed by atoms with E-state index >= 15 is 0 Å². The van der Waals surface area contributed by atoms with Crippen molar-refractivity contribution in [2.45, 2.75) is 31.8 Å². The van der Waals surface area contributed by atoms with Crippen LogP contribution in [0, 0.1) is 5.41 Å². The van der Waals surface area contributed by atoms with Crippen LogP contribution in [0.4, 0.5) is 0 Å². The number of piperidine rings is 1. The minimum absolute atomic E-state index is 0. The van der Waals surface area contributed by atoms with Gasteiger partial charge in [0.25, 0.3) is 10.0 Å². The molecule has 0 radical (unpaired) electrons. The number of hydrogen-bond acceptors (Lipinski definition) is 6. The molecule has 1 fully saturated rings. The van der Waals surface area contributed by atoms with Crippen molar-refractivity contribution in [2.75, 3.05) is 26.2 Å². The Kier molecular flexibility index (Phi) is 7.06. The maximum atomic E-state index is 12.2. The van der Waals surface area contributed by atoms with Gasteiger partial charge in [-0.1, -0.05) is 6.92 Å². The molecule has 23 heavy (non-hydrogen) atoms. The highest BCUT2D eigenvalue weighted by Gasteiger charge is 2.30. The molecule has 1 aromatic rings. The molecule has 0 aromatic carbocycles. The largest absolute Gasteiger partial charge is 0.460 e. The number of halogens is 1. The van der Waals surface area contributed by atoms with Crippen LogP contribution < -0.4 is 10.0 Å². The maximum Gasteiger partial charge on any atom is 0.374 e. The Bertz CT molecular complexity index is 623. The van der Waals surface area contributed by atoms with Gasteiger partial charge in [-0.25, -0.2) is 17.9 Å². The minimum atomic E-state index is -3.77. The number of furan rings is 1. The first kappa shape index (κ1) is 20.0. The number of rotatable bonds is 6. The van der Waals surface area contributed by atoms with E-state index in [1.807, 2.05) is 0 Å². The van der Waals surface area contributed by atoms with Crippen LogP contribution in [0.1, 0.15) is 37.2 Å². The molecule has 7 nitrogen and oxygen atoms in total. The second kappa shape index (κ2) is 8.14. The fourth-order valence-electron chi connectivity index (χ4n) is 2.32. The molecule has 0 bridgehead atoms. The molecule has 2 heterocycles. The summed E-state index contributed by atoms with van der Waals surface area (Å²) >= 11 is 0. The Labute approximate surface area is 142 Å². The second-order valence-corrected chi connectivity index (χ2v) is 7.42. The van der Waals surface area contributed by atoms with Crippen molar-refractivity contribution < 1.29 is 22.4 Å². The zero-order valence-corrected chi connectivity index (χ0v) is 14.9. The Morgan fingerprint density at radius 2 is 2.04 bits per heavy atom. The molecule has 9 heteroatoms. The van der Waals surface area contributed by atoms with E-state index in [0.29, 0.717) is 6.54 Å². The van der Waals surface area contributed by atoms with Crippen LogP contribution in [0.3, 0.4) is 0 Å². The highest BCUT2D eigenvalue weighted by Crippen LogP contribution is 2.27. The Balaban J connectivity index is 0.00000264. The molecule has 1 aliphatic heterocycles. The lowest BCUT2D eigenvalue weighted by molar-refractivity contribution is 0.0484. The van der Waals surface area contributed by atoms with Crippen LogP contribution in [-0.2, 0) is 14.8 Å². The lowest BCUT2D eigenvalue weighted by Crippen LogP contribution is -2.42. The fourth-order valence-corrected chi connectivity index (χ4v) is 3.45. The summed E-state index contributed by atoms with van der Waals surface area (Å²) in [5, 5.41) is 2.98. The average molecular weight is 367 g/mol.